The minimum atomic E-state index is -4.01. The third-order valence-electron chi connectivity index (χ3n) is 2.32. The van der Waals surface area contributed by atoms with E-state index in [2.05, 4.69) is 0 Å². The molecule has 0 N–H and O–H groups in total. The fraction of sp³-hybridized carbons (Fsp3) is 0.364. The first-order valence-electron chi connectivity index (χ1n) is 5.21. The standard InChI is InChI=1S/C11H12ClFO4S/c1-3-7(2)17-11(14)9-6-8(18(12,15)16)4-5-10(9)13/h4-7H,3H2,1-2H3. The summed E-state index contributed by atoms with van der Waals surface area (Å²) in [5.41, 5.74) is -0.447. The largest absolute Gasteiger partial charge is 0.459 e. The van der Waals surface area contributed by atoms with E-state index >= 15 is 0 Å². The van der Waals surface area contributed by atoms with Gasteiger partial charge in [-0.15, -0.1) is 0 Å². The van der Waals surface area contributed by atoms with Crippen LogP contribution in [0, 0.1) is 5.82 Å². The molecule has 0 radical (unpaired) electrons. The Hall–Kier alpha value is -1.14. The number of ether oxygens (including phenoxy) is 1. The first-order chi connectivity index (χ1) is 8.25. The minimum Gasteiger partial charge on any atom is -0.459 e. The van der Waals surface area contributed by atoms with Crippen LogP contribution in [0.1, 0.15) is 30.6 Å². The zero-order valence-electron chi connectivity index (χ0n) is 9.81. The molecule has 4 nitrogen and oxygen atoms in total. The molecule has 0 aliphatic carbocycles. The fourth-order valence-electron chi connectivity index (χ4n) is 1.14. The summed E-state index contributed by atoms with van der Waals surface area (Å²) in [6.07, 6.45) is 0.189. The van der Waals surface area contributed by atoms with Gasteiger partial charge in [-0.1, -0.05) is 6.92 Å². The van der Waals surface area contributed by atoms with Gasteiger partial charge in [-0.25, -0.2) is 17.6 Å². The molecule has 7 heteroatoms. The SMILES string of the molecule is CCC(C)OC(=O)c1cc(S(=O)(=O)Cl)ccc1F. The van der Waals surface area contributed by atoms with Crippen LogP contribution in [-0.4, -0.2) is 20.5 Å². The van der Waals surface area contributed by atoms with Gasteiger partial charge in [0.25, 0.3) is 9.05 Å². The van der Waals surface area contributed by atoms with E-state index in [1.54, 1.807) is 13.8 Å². The molecule has 0 bridgehead atoms. The van der Waals surface area contributed by atoms with E-state index in [1.165, 1.54) is 0 Å². The van der Waals surface area contributed by atoms with E-state index in [9.17, 15) is 17.6 Å². The van der Waals surface area contributed by atoms with E-state index in [0.717, 1.165) is 18.2 Å². The van der Waals surface area contributed by atoms with Crippen LogP contribution in [0.15, 0.2) is 23.1 Å². The van der Waals surface area contributed by atoms with Gasteiger partial charge in [0.15, 0.2) is 0 Å². The smallest absolute Gasteiger partial charge is 0.341 e. The van der Waals surface area contributed by atoms with Gasteiger partial charge in [0.2, 0.25) is 0 Å². The van der Waals surface area contributed by atoms with E-state index < -0.39 is 26.4 Å². The van der Waals surface area contributed by atoms with Crippen molar-refractivity contribution in [2.24, 2.45) is 0 Å². The average Bonchev–Trinajstić information content (AvgIpc) is 2.27. The van der Waals surface area contributed by atoms with Crippen molar-refractivity contribution in [3.8, 4) is 0 Å². The molecule has 1 aromatic rings. The van der Waals surface area contributed by atoms with Crippen LogP contribution in [0.3, 0.4) is 0 Å². The molecule has 0 aliphatic heterocycles. The van der Waals surface area contributed by atoms with Gasteiger partial charge < -0.3 is 4.74 Å². The lowest BCUT2D eigenvalue weighted by Gasteiger charge is -2.11. The summed E-state index contributed by atoms with van der Waals surface area (Å²) < 4.78 is 40.5. The Labute approximate surface area is 109 Å². The Kier molecular flexibility index (Phi) is 4.70. The summed E-state index contributed by atoms with van der Waals surface area (Å²) in [6.45, 7) is 3.45. The second kappa shape index (κ2) is 5.67. The monoisotopic (exact) mass is 294 g/mol. The molecule has 1 aromatic carbocycles. The number of hydrogen-bond acceptors (Lipinski definition) is 4. The van der Waals surface area contributed by atoms with E-state index in [1.807, 2.05) is 0 Å². The lowest BCUT2D eigenvalue weighted by atomic mass is 10.2. The lowest BCUT2D eigenvalue weighted by molar-refractivity contribution is 0.0329. The van der Waals surface area contributed by atoms with Crippen LogP contribution in [0.4, 0.5) is 4.39 Å². The van der Waals surface area contributed by atoms with Gasteiger partial charge in [0, 0.05) is 10.7 Å². The Balaban J connectivity index is 3.12. The molecule has 0 heterocycles. The zero-order valence-corrected chi connectivity index (χ0v) is 11.4. The number of carbonyl (C=O) groups is 1. The first kappa shape index (κ1) is 14.9. The summed E-state index contributed by atoms with van der Waals surface area (Å²) in [6, 6.07) is 2.71. The maximum Gasteiger partial charge on any atom is 0.341 e. The van der Waals surface area contributed by atoms with Crippen molar-refractivity contribution in [2.75, 3.05) is 0 Å². The molecule has 0 aromatic heterocycles. The van der Waals surface area contributed by atoms with Crippen molar-refractivity contribution in [3.05, 3.63) is 29.6 Å². The summed E-state index contributed by atoms with van der Waals surface area (Å²) >= 11 is 0. The maximum atomic E-state index is 13.4. The van der Waals surface area contributed by atoms with Gasteiger partial charge in [-0.2, -0.15) is 0 Å². The van der Waals surface area contributed by atoms with Crippen molar-refractivity contribution >= 4 is 25.7 Å². The number of benzene rings is 1. The Morgan fingerprint density at radius 3 is 2.61 bits per heavy atom. The van der Waals surface area contributed by atoms with Gasteiger partial charge in [-0.3, -0.25) is 0 Å². The number of hydrogen-bond donors (Lipinski definition) is 0. The van der Waals surface area contributed by atoms with Crippen LogP contribution in [0.25, 0.3) is 0 Å². The van der Waals surface area contributed by atoms with E-state index in [-0.39, 0.29) is 11.0 Å². The molecule has 0 amide bonds. The number of halogens is 2. The molecule has 0 spiro atoms. The molecule has 18 heavy (non-hydrogen) atoms. The topological polar surface area (TPSA) is 60.4 Å². The number of esters is 1. The highest BCUT2D eigenvalue weighted by atomic mass is 35.7. The highest BCUT2D eigenvalue weighted by molar-refractivity contribution is 8.13. The second-order valence-corrected chi connectivity index (χ2v) is 6.27. The van der Waals surface area contributed by atoms with Gasteiger partial charge in [0.1, 0.15) is 5.82 Å². The van der Waals surface area contributed by atoms with Crippen molar-refractivity contribution in [1.82, 2.24) is 0 Å². The summed E-state index contributed by atoms with van der Waals surface area (Å²) in [7, 11) is 1.11. The molecule has 100 valence electrons. The van der Waals surface area contributed by atoms with Crippen molar-refractivity contribution in [2.45, 2.75) is 31.3 Å². The van der Waals surface area contributed by atoms with E-state index in [4.69, 9.17) is 15.4 Å². The van der Waals surface area contributed by atoms with Crippen LogP contribution >= 0.6 is 10.7 Å². The number of carbonyl (C=O) groups excluding carboxylic acids is 1. The first-order valence-corrected chi connectivity index (χ1v) is 7.51. The Bertz CT molecular complexity index is 556. The molecule has 0 saturated heterocycles. The summed E-state index contributed by atoms with van der Waals surface area (Å²) in [5, 5.41) is 0. The van der Waals surface area contributed by atoms with Crippen molar-refractivity contribution < 1.29 is 22.3 Å². The molecular formula is C11H12ClFO4S. The highest BCUT2D eigenvalue weighted by Gasteiger charge is 2.19. The van der Waals surface area contributed by atoms with Gasteiger partial charge >= 0.3 is 5.97 Å². The Morgan fingerprint density at radius 2 is 2.11 bits per heavy atom. The van der Waals surface area contributed by atoms with Crippen molar-refractivity contribution in [3.63, 3.8) is 0 Å². The second-order valence-electron chi connectivity index (χ2n) is 3.70. The predicted octanol–water partition coefficient (Wildman–Crippen LogP) is 2.71. The van der Waals surface area contributed by atoms with Crippen molar-refractivity contribution in [1.29, 1.82) is 0 Å². The van der Waals surface area contributed by atoms with Gasteiger partial charge in [0.05, 0.1) is 16.6 Å². The van der Waals surface area contributed by atoms with Gasteiger partial charge in [-0.05, 0) is 31.5 Å². The molecule has 1 unspecified atom stereocenters. The maximum absolute atomic E-state index is 13.4. The average molecular weight is 295 g/mol. The third-order valence-corrected chi connectivity index (χ3v) is 3.67. The predicted molar refractivity (Wildman–Crippen MR) is 64.6 cm³/mol. The molecule has 1 rings (SSSR count). The molecule has 1 atom stereocenters. The van der Waals surface area contributed by atoms with Crippen LogP contribution < -0.4 is 0 Å². The molecule has 0 fully saturated rings. The van der Waals surface area contributed by atoms with E-state index in [0.29, 0.717) is 6.42 Å². The number of rotatable bonds is 4. The molecular weight excluding hydrogens is 283 g/mol. The Morgan fingerprint density at radius 1 is 1.50 bits per heavy atom. The minimum absolute atomic E-state index is 0.346. The van der Waals surface area contributed by atoms with Crippen LogP contribution in [0.5, 0.6) is 0 Å². The van der Waals surface area contributed by atoms with Crippen LogP contribution in [0.2, 0.25) is 0 Å². The molecule has 0 saturated carbocycles. The normalized spacial score (nSPS) is 13.1. The third kappa shape index (κ3) is 3.68. The lowest BCUT2D eigenvalue weighted by Crippen LogP contribution is -2.15. The summed E-state index contributed by atoms with van der Waals surface area (Å²) in [5.74, 6) is -1.77. The summed E-state index contributed by atoms with van der Waals surface area (Å²) in [4.78, 5) is 11.3. The molecule has 0 aliphatic rings. The van der Waals surface area contributed by atoms with Crippen LogP contribution in [-0.2, 0) is 13.8 Å². The quantitative estimate of drug-likeness (QED) is 0.633. The zero-order chi connectivity index (χ0) is 13.9. The highest BCUT2D eigenvalue weighted by Crippen LogP contribution is 2.19. The fourth-order valence-corrected chi connectivity index (χ4v) is 1.92.